The van der Waals surface area contributed by atoms with Crippen molar-refractivity contribution < 1.29 is 4.39 Å². The Balaban J connectivity index is 2.17. The summed E-state index contributed by atoms with van der Waals surface area (Å²) in [6.07, 6.45) is 3.44. The Hall–Kier alpha value is -1.61. The molecule has 88 valence electrons. The summed E-state index contributed by atoms with van der Waals surface area (Å²) >= 11 is 5.99. The van der Waals surface area contributed by atoms with Crippen LogP contribution in [0.25, 0.3) is 0 Å². The SMILES string of the molecule is CC(Nc1cccnc1)c1ccc(F)cc1Cl. The summed E-state index contributed by atoms with van der Waals surface area (Å²) in [5.41, 5.74) is 1.76. The van der Waals surface area contributed by atoms with Crippen LogP contribution in [0.3, 0.4) is 0 Å². The van der Waals surface area contributed by atoms with Crippen molar-refractivity contribution in [1.29, 1.82) is 0 Å². The minimum absolute atomic E-state index is 0.00713. The fourth-order valence-corrected chi connectivity index (χ4v) is 1.96. The van der Waals surface area contributed by atoms with Crippen LogP contribution >= 0.6 is 11.6 Å². The number of rotatable bonds is 3. The third-order valence-corrected chi connectivity index (χ3v) is 2.80. The summed E-state index contributed by atoms with van der Waals surface area (Å²) in [7, 11) is 0. The van der Waals surface area contributed by atoms with Crippen LogP contribution in [0.2, 0.25) is 5.02 Å². The van der Waals surface area contributed by atoms with E-state index in [2.05, 4.69) is 10.3 Å². The first kappa shape index (κ1) is 11.9. The molecule has 1 aromatic heterocycles. The molecule has 2 aromatic rings. The largest absolute Gasteiger partial charge is 0.377 e. The monoisotopic (exact) mass is 250 g/mol. The second-order valence-corrected chi connectivity index (χ2v) is 4.18. The number of halogens is 2. The highest BCUT2D eigenvalue weighted by molar-refractivity contribution is 6.31. The van der Waals surface area contributed by atoms with E-state index in [9.17, 15) is 4.39 Å². The first-order chi connectivity index (χ1) is 8.16. The molecular weight excluding hydrogens is 239 g/mol. The fraction of sp³-hybridized carbons (Fsp3) is 0.154. The minimum Gasteiger partial charge on any atom is -0.377 e. The van der Waals surface area contributed by atoms with E-state index in [0.29, 0.717) is 5.02 Å². The van der Waals surface area contributed by atoms with Crippen molar-refractivity contribution in [3.63, 3.8) is 0 Å². The molecule has 0 amide bonds. The topological polar surface area (TPSA) is 24.9 Å². The molecule has 1 atom stereocenters. The summed E-state index contributed by atoms with van der Waals surface area (Å²) in [6.45, 7) is 1.96. The van der Waals surface area contributed by atoms with Crippen molar-refractivity contribution >= 4 is 17.3 Å². The van der Waals surface area contributed by atoms with Crippen molar-refractivity contribution in [2.24, 2.45) is 0 Å². The smallest absolute Gasteiger partial charge is 0.124 e. The molecular formula is C13H12ClFN2. The molecule has 0 fully saturated rings. The van der Waals surface area contributed by atoms with Crippen LogP contribution in [0.5, 0.6) is 0 Å². The zero-order chi connectivity index (χ0) is 12.3. The van der Waals surface area contributed by atoms with Crippen molar-refractivity contribution in [3.8, 4) is 0 Å². The summed E-state index contributed by atoms with van der Waals surface area (Å²) in [5.74, 6) is -0.327. The van der Waals surface area contributed by atoms with Gasteiger partial charge in [-0.15, -0.1) is 0 Å². The molecule has 0 spiro atoms. The lowest BCUT2D eigenvalue weighted by atomic mass is 10.1. The van der Waals surface area contributed by atoms with E-state index >= 15 is 0 Å². The molecule has 0 aliphatic carbocycles. The van der Waals surface area contributed by atoms with E-state index in [4.69, 9.17) is 11.6 Å². The van der Waals surface area contributed by atoms with Crippen molar-refractivity contribution in [1.82, 2.24) is 4.98 Å². The molecule has 2 rings (SSSR count). The van der Waals surface area contributed by atoms with Crippen molar-refractivity contribution in [2.75, 3.05) is 5.32 Å². The van der Waals surface area contributed by atoms with Gasteiger partial charge in [-0.3, -0.25) is 4.98 Å². The number of aromatic nitrogens is 1. The predicted molar refractivity (Wildman–Crippen MR) is 67.7 cm³/mol. The lowest BCUT2D eigenvalue weighted by Gasteiger charge is -2.16. The maximum atomic E-state index is 12.9. The standard InChI is InChI=1S/C13H12ClFN2/c1-9(17-11-3-2-6-16-8-11)12-5-4-10(15)7-13(12)14/h2-9,17H,1H3. The van der Waals surface area contributed by atoms with Crippen molar-refractivity contribution in [2.45, 2.75) is 13.0 Å². The van der Waals surface area contributed by atoms with Crippen LogP contribution in [-0.4, -0.2) is 4.98 Å². The quantitative estimate of drug-likeness (QED) is 0.889. The number of hydrogen-bond acceptors (Lipinski definition) is 2. The average molecular weight is 251 g/mol. The van der Waals surface area contributed by atoms with Gasteiger partial charge in [0.25, 0.3) is 0 Å². The molecule has 1 aromatic carbocycles. The Morgan fingerprint density at radius 3 is 2.82 bits per heavy atom. The van der Waals surface area contributed by atoms with Gasteiger partial charge in [-0.1, -0.05) is 17.7 Å². The highest BCUT2D eigenvalue weighted by atomic mass is 35.5. The molecule has 1 unspecified atom stereocenters. The summed E-state index contributed by atoms with van der Waals surface area (Å²) in [5, 5.41) is 3.67. The van der Waals surface area contributed by atoms with Gasteiger partial charge in [0.1, 0.15) is 5.82 Å². The van der Waals surface area contributed by atoms with Gasteiger partial charge in [-0.25, -0.2) is 4.39 Å². The molecule has 4 heteroatoms. The van der Waals surface area contributed by atoms with E-state index in [1.54, 1.807) is 18.5 Å². The molecule has 1 N–H and O–H groups in total. The van der Waals surface area contributed by atoms with E-state index < -0.39 is 0 Å². The lowest BCUT2D eigenvalue weighted by molar-refractivity contribution is 0.626. The Kier molecular flexibility index (Phi) is 3.59. The van der Waals surface area contributed by atoms with Crippen LogP contribution < -0.4 is 5.32 Å². The van der Waals surface area contributed by atoms with Gasteiger partial charge < -0.3 is 5.32 Å². The number of pyridine rings is 1. The zero-order valence-electron chi connectivity index (χ0n) is 9.32. The molecule has 0 bridgehead atoms. The summed E-state index contributed by atoms with van der Waals surface area (Å²) in [6, 6.07) is 8.17. The zero-order valence-corrected chi connectivity index (χ0v) is 10.1. The Morgan fingerprint density at radius 2 is 2.18 bits per heavy atom. The molecule has 0 aliphatic heterocycles. The van der Waals surface area contributed by atoms with Crippen LogP contribution in [-0.2, 0) is 0 Å². The van der Waals surface area contributed by atoms with Gasteiger partial charge in [0.05, 0.1) is 11.7 Å². The van der Waals surface area contributed by atoms with Gasteiger partial charge >= 0.3 is 0 Å². The first-order valence-corrected chi connectivity index (χ1v) is 5.66. The Labute approximate surface area is 104 Å². The average Bonchev–Trinajstić information content (AvgIpc) is 2.30. The van der Waals surface area contributed by atoms with Gasteiger partial charge in [-0.2, -0.15) is 0 Å². The minimum atomic E-state index is -0.327. The molecule has 0 radical (unpaired) electrons. The van der Waals surface area contributed by atoms with E-state index in [0.717, 1.165) is 11.3 Å². The van der Waals surface area contributed by atoms with Crippen LogP contribution in [0.1, 0.15) is 18.5 Å². The summed E-state index contributed by atoms with van der Waals surface area (Å²) < 4.78 is 12.9. The highest BCUT2D eigenvalue weighted by Gasteiger charge is 2.10. The number of anilines is 1. The van der Waals surface area contributed by atoms with E-state index in [1.165, 1.54) is 12.1 Å². The predicted octanol–water partition coefficient (Wildman–Crippen LogP) is 4.05. The highest BCUT2D eigenvalue weighted by Crippen LogP contribution is 2.26. The number of hydrogen-bond donors (Lipinski definition) is 1. The van der Waals surface area contributed by atoms with Crippen LogP contribution in [0, 0.1) is 5.82 Å². The lowest BCUT2D eigenvalue weighted by Crippen LogP contribution is -2.07. The molecule has 0 saturated heterocycles. The number of nitrogens with one attached hydrogen (secondary N) is 1. The van der Waals surface area contributed by atoms with Crippen LogP contribution in [0.4, 0.5) is 10.1 Å². The van der Waals surface area contributed by atoms with Gasteiger partial charge in [-0.05, 0) is 36.8 Å². The van der Waals surface area contributed by atoms with E-state index in [-0.39, 0.29) is 11.9 Å². The van der Waals surface area contributed by atoms with Gasteiger partial charge in [0.15, 0.2) is 0 Å². The fourth-order valence-electron chi connectivity index (χ4n) is 1.63. The molecule has 0 aliphatic rings. The molecule has 17 heavy (non-hydrogen) atoms. The summed E-state index contributed by atoms with van der Waals surface area (Å²) in [4.78, 5) is 4.01. The second kappa shape index (κ2) is 5.15. The van der Waals surface area contributed by atoms with Crippen molar-refractivity contribution in [3.05, 3.63) is 59.1 Å². The second-order valence-electron chi connectivity index (χ2n) is 3.77. The maximum absolute atomic E-state index is 12.9. The van der Waals surface area contributed by atoms with Crippen LogP contribution in [0.15, 0.2) is 42.7 Å². The maximum Gasteiger partial charge on any atom is 0.124 e. The number of benzene rings is 1. The third-order valence-electron chi connectivity index (χ3n) is 2.47. The molecule has 2 nitrogen and oxygen atoms in total. The first-order valence-electron chi connectivity index (χ1n) is 5.28. The number of nitrogens with zero attached hydrogens (tertiary/aromatic N) is 1. The normalized spacial score (nSPS) is 12.2. The van der Waals surface area contributed by atoms with Gasteiger partial charge in [0.2, 0.25) is 0 Å². The van der Waals surface area contributed by atoms with E-state index in [1.807, 2.05) is 19.1 Å². The molecule has 0 saturated carbocycles. The molecule has 1 heterocycles. The Morgan fingerprint density at radius 1 is 1.35 bits per heavy atom. The Bertz CT molecular complexity index is 502. The van der Waals surface area contributed by atoms with Gasteiger partial charge in [0, 0.05) is 17.4 Å². The third kappa shape index (κ3) is 2.94.